The molecule has 2 nitrogen and oxygen atoms in total. The fraction of sp³-hybridized carbons (Fsp3) is 0.300. The Morgan fingerprint density at radius 1 is 1.40 bits per heavy atom. The van der Waals surface area contributed by atoms with Crippen LogP contribution >= 0.6 is 0 Å². The molecule has 0 radical (unpaired) electrons. The predicted molar refractivity (Wildman–Crippen MR) is 50.1 cm³/mol. The van der Waals surface area contributed by atoms with Crippen LogP contribution in [0.1, 0.15) is 0 Å². The molecule has 1 aliphatic carbocycles. The number of nitrogens with zero attached hydrogens (tertiary/aromatic N) is 1. The minimum atomic E-state index is -4.82. The van der Waals surface area contributed by atoms with Gasteiger partial charge >= 0.3 is 6.18 Å². The van der Waals surface area contributed by atoms with Gasteiger partial charge in [0, 0.05) is 31.4 Å². The molecule has 0 aromatic heterocycles. The Hall–Kier alpha value is -1.52. The molecule has 1 rings (SSSR count). The molecule has 1 aliphatic rings. The first-order chi connectivity index (χ1) is 6.82. The van der Waals surface area contributed by atoms with E-state index in [1.807, 2.05) is 0 Å². The van der Waals surface area contributed by atoms with Gasteiger partial charge in [0.1, 0.15) is 0 Å². The van der Waals surface area contributed by atoms with Gasteiger partial charge in [-0.05, 0) is 0 Å². The maximum Gasteiger partial charge on any atom is 0.454 e. The van der Waals surface area contributed by atoms with Crippen molar-refractivity contribution in [2.24, 2.45) is 0 Å². The third kappa shape index (κ3) is 2.71. The Morgan fingerprint density at radius 3 is 2.47 bits per heavy atom. The molecule has 0 spiro atoms. The van der Waals surface area contributed by atoms with Crippen molar-refractivity contribution in [3.05, 3.63) is 35.6 Å². The van der Waals surface area contributed by atoms with E-state index < -0.39 is 12.0 Å². The quantitative estimate of drug-likeness (QED) is 0.705. The van der Waals surface area contributed by atoms with Gasteiger partial charge in [-0.3, -0.25) is 4.79 Å². The van der Waals surface area contributed by atoms with E-state index in [9.17, 15) is 18.0 Å². The van der Waals surface area contributed by atoms with Crippen LogP contribution in [-0.2, 0) is 4.79 Å². The van der Waals surface area contributed by atoms with Crippen LogP contribution < -0.4 is 0 Å². The summed E-state index contributed by atoms with van der Waals surface area (Å²) in [5, 5.41) is 0. The molecule has 0 atom stereocenters. The molecule has 0 bridgehead atoms. The van der Waals surface area contributed by atoms with Crippen molar-refractivity contribution in [2.75, 3.05) is 14.1 Å². The van der Waals surface area contributed by atoms with E-state index in [0.717, 1.165) is 0 Å². The van der Waals surface area contributed by atoms with Crippen molar-refractivity contribution in [3.63, 3.8) is 0 Å². The minimum absolute atomic E-state index is 0.280. The highest BCUT2D eigenvalue weighted by Gasteiger charge is 2.41. The van der Waals surface area contributed by atoms with Gasteiger partial charge in [0.15, 0.2) is 0 Å². The van der Waals surface area contributed by atoms with Gasteiger partial charge in [0.25, 0.3) is 5.78 Å². The predicted octanol–water partition coefficient (Wildman–Crippen LogP) is 2.06. The number of allylic oxidation sites excluding steroid dienone is 5. The number of rotatable bonds is 2. The van der Waals surface area contributed by atoms with E-state index in [1.54, 1.807) is 19.0 Å². The summed E-state index contributed by atoms with van der Waals surface area (Å²) in [7, 11) is 3.35. The second kappa shape index (κ2) is 3.92. The normalized spacial score (nSPS) is 18.2. The number of alkyl halides is 3. The molecule has 82 valence electrons. The monoisotopic (exact) mass is 217 g/mol. The maximum absolute atomic E-state index is 12.2. The van der Waals surface area contributed by atoms with Gasteiger partial charge < -0.3 is 4.90 Å². The van der Waals surface area contributed by atoms with Crippen LogP contribution in [0.3, 0.4) is 0 Å². The number of hydrogen-bond donors (Lipinski definition) is 0. The van der Waals surface area contributed by atoms with Crippen LogP contribution in [-0.4, -0.2) is 31.0 Å². The number of Topliss-reactive ketones (excluding diaryl/α,β-unsaturated/α-hetero) is 1. The molecule has 0 saturated carbocycles. The van der Waals surface area contributed by atoms with E-state index >= 15 is 0 Å². The summed E-state index contributed by atoms with van der Waals surface area (Å²) in [6.45, 7) is 0. The Labute approximate surface area is 85.4 Å². The average molecular weight is 217 g/mol. The van der Waals surface area contributed by atoms with Crippen molar-refractivity contribution in [2.45, 2.75) is 6.18 Å². The van der Waals surface area contributed by atoms with Gasteiger partial charge in [0.05, 0.1) is 0 Å². The Kier molecular flexibility index (Phi) is 3.02. The van der Waals surface area contributed by atoms with Crippen LogP contribution in [0.2, 0.25) is 0 Å². The lowest BCUT2D eigenvalue weighted by Gasteiger charge is -2.10. The van der Waals surface area contributed by atoms with Crippen molar-refractivity contribution in [1.82, 2.24) is 4.90 Å². The maximum atomic E-state index is 12.2. The van der Waals surface area contributed by atoms with Crippen molar-refractivity contribution in [3.8, 4) is 0 Å². The summed E-state index contributed by atoms with van der Waals surface area (Å²) in [6, 6.07) is 0. The Balaban J connectivity index is 2.95. The molecule has 0 aliphatic heterocycles. The smallest absolute Gasteiger partial charge is 0.383 e. The van der Waals surface area contributed by atoms with Crippen LogP contribution in [0.4, 0.5) is 13.2 Å². The van der Waals surface area contributed by atoms with Gasteiger partial charge in [-0.1, -0.05) is 18.2 Å². The summed E-state index contributed by atoms with van der Waals surface area (Å²) in [4.78, 5) is 12.6. The van der Waals surface area contributed by atoms with Crippen molar-refractivity contribution in [1.29, 1.82) is 0 Å². The first kappa shape index (κ1) is 11.6. The van der Waals surface area contributed by atoms with E-state index in [0.29, 0.717) is 0 Å². The van der Waals surface area contributed by atoms with Gasteiger partial charge in [0.2, 0.25) is 0 Å². The van der Waals surface area contributed by atoms with E-state index in [1.165, 1.54) is 24.4 Å². The van der Waals surface area contributed by atoms with E-state index in [4.69, 9.17) is 0 Å². The van der Waals surface area contributed by atoms with Gasteiger partial charge in [-0.25, -0.2) is 0 Å². The Morgan fingerprint density at radius 2 is 2.00 bits per heavy atom. The zero-order valence-electron chi connectivity index (χ0n) is 8.30. The Bertz CT molecular complexity index is 361. The van der Waals surface area contributed by atoms with Crippen LogP contribution in [0, 0.1) is 0 Å². The van der Waals surface area contributed by atoms with Crippen molar-refractivity contribution < 1.29 is 18.0 Å². The molecule has 5 heteroatoms. The zero-order chi connectivity index (χ0) is 11.6. The summed E-state index contributed by atoms with van der Waals surface area (Å²) >= 11 is 0. The lowest BCUT2D eigenvalue weighted by Crippen LogP contribution is -2.25. The SMILES string of the molecule is CN(C)/C=C1\C=CC=C1C(=O)C(F)(F)F. The van der Waals surface area contributed by atoms with Crippen LogP contribution in [0.5, 0.6) is 0 Å². The molecule has 0 unspecified atom stereocenters. The van der Waals surface area contributed by atoms with E-state index in [2.05, 4.69) is 0 Å². The van der Waals surface area contributed by atoms with Gasteiger partial charge in [-0.15, -0.1) is 0 Å². The minimum Gasteiger partial charge on any atom is -0.383 e. The molecule has 0 amide bonds. The standard InChI is InChI=1S/C10H10F3NO/c1-14(2)6-7-4-3-5-8(7)9(15)10(11,12)13/h3-6H,1-2H3/b7-6+. The molecule has 0 aromatic rings. The summed E-state index contributed by atoms with van der Waals surface area (Å²) in [6.07, 6.45) is 0.723. The highest BCUT2D eigenvalue weighted by atomic mass is 19.4. The third-order valence-corrected chi connectivity index (χ3v) is 1.75. The lowest BCUT2D eigenvalue weighted by atomic mass is 10.1. The lowest BCUT2D eigenvalue weighted by molar-refractivity contribution is -0.166. The molecule has 15 heavy (non-hydrogen) atoms. The number of carbonyl (C=O) groups excluding carboxylic acids is 1. The number of hydrogen-bond acceptors (Lipinski definition) is 2. The number of ketones is 1. The topological polar surface area (TPSA) is 20.3 Å². The first-order valence-corrected chi connectivity index (χ1v) is 4.21. The molecular weight excluding hydrogens is 207 g/mol. The molecule has 0 N–H and O–H groups in total. The number of carbonyl (C=O) groups is 1. The first-order valence-electron chi connectivity index (χ1n) is 4.21. The van der Waals surface area contributed by atoms with E-state index in [-0.39, 0.29) is 11.1 Å². The largest absolute Gasteiger partial charge is 0.454 e. The summed E-state index contributed by atoms with van der Waals surface area (Å²) in [5.74, 6) is -1.80. The zero-order valence-corrected chi connectivity index (χ0v) is 8.30. The van der Waals surface area contributed by atoms with Crippen molar-refractivity contribution >= 4 is 5.78 Å². The average Bonchev–Trinajstić information content (AvgIpc) is 2.48. The number of halogens is 3. The third-order valence-electron chi connectivity index (χ3n) is 1.75. The van der Waals surface area contributed by atoms with Crippen LogP contribution in [0.25, 0.3) is 0 Å². The second-order valence-electron chi connectivity index (χ2n) is 3.31. The molecule has 0 aromatic carbocycles. The molecular formula is C10H10F3NO. The fourth-order valence-corrected chi connectivity index (χ4v) is 1.18. The highest BCUT2D eigenvalue weighted by Crippen LogP contribution is 2.28. The fourth-order valence-electron chi connectivity index (χ4n) is 1.18. The molecule has 0 fully saturated rings. The molecule has 0 heterocycles. The second-order valence-corrected chi connectivity index (χ2v) is 3.31. The summed E-state index contributed by atoms with van der Waals surface area (Å²) in [5.41, 5.74) is -0.0291. The highest BCUT2D eigenvalue weighted by molar-refractivity contribution is 6.05. The molecule has 0 saturated heterocycles. The summed E-state index contributed by atoms with van der Waals surface area (Å²) < 4.78 is 36.5. The van der Waals surface area contributed by atoms with Crippen LogP contribution in [0.15, 0.2) is 35.6 Å². The van der Waals surface area contributed by atoms with Gasteiger partial charge in [-0.2, -0.15) is 13.2 Å².